The minimum Gasteiger partial charge on any atom is -0.489 e. The number of hydrogen-bond donors (Lipinski definition) is 1. The first-order chi connectivity index (χ1) is 11.2. The second kappa shape index (κ2) is 7.25. The van der Waals surface area contributed by atoms with Crippen LogP contribution in [0.5, 0.6) is 5.75 Å². The maximum Gasteiger partial charge on any atom is 0.410 e. The van der Waals surface area contributed by atoms with Crippen LogP contribution in [0.25, 0.3) is 0 Å². The first-order valence-electron chi connectivity index (χ1n) is 7.75. The van der Waals surface area contributed by atoms with Gasteiger partial charge >= 0.3 is 6.09 Å². The number of primary amides is 1. The summed E-state index contributed by atoms with van der Waals surface area (Å²) >= 11 is 5.89. The molecule has 8 heteroatoms. The monoisotopic (exact) mass is 355 g/mol. The number of hydrogen-bond acceptors (Lipinski definition) is 5. The second-order valence-corrected chi connectivity index (χ2v) is 7.08. The summed E-state index contributed by atoms with van der Waals surface area (Å²) in [4.78, 5) is 29.2. The third-order valence-electron chi connectivity index (χ3n) is 3.49. The van der Waals surface area contributed by atoms with E-state index in [-0.39, 0.29) is 30.2 Å². The van der Waals surface area contributed by atoms with E-state index in [2.05, 4.69) is 4.98 Å². The SMILES string of the molecule is CC(C)(C)OC(=O)N1CCC[C@@H]1COc1cc(Cl)cnc1C(N)=O. The highest BCUT2D eigenvalue weighted by atomic mass is 35.5. The molecule has 0 aliphatic carbocycles. The van der Waals surface area contributed by atoms with E-state index in [0.717, 1.165) is 12.8 Å². The maximum atomic E-state index is 12.3. The number of ether oxygens (including phenoxy) is 2. The highest BCUT2D eigenvalue weighted by Gasteiger charge is 2.32. The molecule has 0 radical (unpaired) electrons. The predicted octanol–water partition coefficient (Wildman–Crippen LogP) is 2.61. The van der Waals surface area contributed by atoms with Gasteiger partial charge in [0, 0.05) is 18.8 Å². The number of halogens is 1. The van der Waals surface area contributed by atoms with E-state index in [1.807, 2.05) is 20.8 Å². The van der Waals surface area contributed by atoms with Gasteiger partial charge in [-0.2, -0.15) is 0 Å². The lowest BCUT2D eigenvalue weighted by Crippen LogP contribution is -2.42. The van der Waals surface area contributed by atoms with Gasteiger partial charge in [-0.25, -0.2) is 9.78 Å². The molecule has 0 bridgehead atoms. The Hall–Kier alpha value is -2.02. The van der Waals surface area contributed by atoms with E-state index in [9.17, 15) is 9.59 Å². The Labute approximate surface area is 146 Å². The van der Waals surface area contributed by atoms with Gasteiger partial charge in [-0.3, -0.25) is 4.79 Å². The van der Waals surface area contributed by atoms with Gasteiger partial charge in [0.15, 0.2) is 11.4 Å². The Morgan fingerprint density at radius 2 is 2.17 bits per heavy atom. The molecule has 2 heterocycles. The van der Waals surface area contributed by atoms with Crippen LogP contribution in [0.4, 0.5) is 4.79 Å². The van der Waals surface area contributed by atoms with Crippen molar-refractivity contribution in [2.75, 3.05) is 13.2 Å². The van der Waals surface area contributed by atoms with Gasteiger partial charge in [0.2, 0.25) is 0 Å². The molecule has 7 nitrogen and oxygen atoms in total. The molecule has 24 heavy (non-hydrogen) atoms. The molecule has 132 valence electrons. The minimum absolute atomic E-state index is 0.0150. The van der Waals surface area contributed by atoms with Crippen molar-refractivity contribution >= 4 is 23.6 Å². The molecule has 1 aliphatic heterocycles. The lowest BCUT2D eigenvalue weighted by Gasteiger charge is -2.28. The molecular formula is C16H22ClN3O4. The summed E-state index contributed by atoms with van der Waals surface area (Å²) in [6, 6.07) is 1.35. The number of carbonyl (C=O) groups excluding carboxylic acids is 2. The third-order valence-corrected chi connectivity index (χ3v) is 3.70. The van der Waals surface area contributed by atoms with Crippen molar-refractivity contribution in [3.05, 3.63) is 23.0 Å². The van der Waals surface area contributed by atoms with Crippen LogP contribution in [0, 0.1) is 0 Å². The highest BCUT2D eigenvalue weighted by Crippen LogP contribution is 2.24. The number of carbonyl (C=O) groups is 2. The van der Waals surface area contributed by atoms with E-state index < -0.39 is 11.5 Å². The van der Waals surface area contributed by atoms with Crippen molar-refractivity contribution < 1.29 is 19.1 Å². The minimum atomic E-state index is -0.697. The van der Waals surface area contributed by atoms with Crippen LogP contribution in [0.1, 0.15) is 44.1 Å². The number of nitrogens with zero attached hydrogens (tertiary/aromatic N) is 2. The molecule has 1 aromatic rings. The molecule has 2 N–H and O–H groups in total. The number of pyridine rings is 1. The molecule has 0 aromatic carbocycles. The van der Waals surface area contributed by atoms with Crippen molar-refractivity contribution in [3.8, 4) is 5.75 Å². The average Bonchev–Trinajstić information content (AvgIpc) is 2.91. The quantitative estimate of drug-likeness (QED) is 0.895. The van der Waals surface area contributed by atoms with E-state index in [0.29, 0.717) is 11.6 Å². The van der Waals surface area contributed by atoms with Crippen LogP contribution < -0.4 is 10.5 Å². The van der Waals surface area contributed by atoms with Gasteiger partial charge < -0.3 is 20.1 Å². The van der Waals surface area contributed by atoms with Gasteiger partial charge in [0.1, 0.15) is 12.2 Å². The lowest BCUT2D eigenvalue weighted by molar-refractivity contribution is 0.0186. The molecule has 1 aliphatic rings. The fourth-order valence-electron chi connectivity index (χ4n) is 2.47. The molecule has 1 atom stereocenters. The standard InChI is InChI=1S/C16H22ClN3O4/c1-16(2,3)24-15(22)20-6-4-5-11(20)9-23-12-7-10(17)8-19-13(12)14(18)21/h7-8,11H,4-6,9H2,1-3H3,(H2,18,21)/t11-/m1/s1. The lowest BCUT2D eigenvalue weighted by atomic mass is 10.2. The Kier molecular flexibility index (Phi) is 5.54. The van der Waals surface area contributed by atoms with E-state index >= 15 is 0 Å². The van der Waals surface area contributed by atoms with Crippen molar-refractivity contribution in [2.45, 2.75) is 45.3 Å². The van der Waals surface area contributed by atoms with Crippen molar-refractivity contribution in [2.24, 2.45) is 5.73 Å². The fraction of sp³-hybridized carbons (Fsp3) is 0.562. The Morgan fingerprint density at radius 1 is 1.46 bits per heavy atom. The Morgan fingerprint density at radius 3 is 2.79 bits per heavy atom. The number of aromatic nitrogens is 1. The molecule has 0 saturated carbocycles. The molecule has 0 unspecified atom stereocenters. The summed E-state index contributed by atoms with van der Waals surface area (Å²) in [7, 11) is 0. The van der Waals surface area contributed by atoms with Gasteiger partial charge in [0.05, 0.1) is 11.1 Å². The van der Waals surface area contributed by atoms with Gasteiger partial charge in [-0.15, -0.1) is 0 Å². The molecular weight excluding hydrogens is 334 g/mol. The maximum absolute atomic E-state index is 12.3. The zero-order valence-electron chi connectivity index (χ0n) is 14.0. The Bertz CT molecular complexity index is 630. The van der Waals surface area contributed by atoms with Crippen LogP contribution in [0.3, 0.4) is 0 Å². The summed E-state index contributed by atoms with van der Waals surface area (Å²) in [5.74, 6) is -0.483. The van der Waals surface area contributed by atoms with Crippen LogP contribution >= 0.6 is 11.6 Å². The van der Waals surface area contributed by atoms with Gasteiger partial charge in [-0.1, -0.05) is 11.6 Å². The normalized spacial score (nSPS) is 17.7. The van der Waals surface area contributed by atoms with Crippen molar-refractivity contribution in [1.82, 2.24) is 9.88 Å². The molecule has 2 rings (SSSR count). The zero-order chi connectivity index (χ0) is 17.9. The summed E-state index contributed by atoms with van der Waals surface area (Å²) in [5, 5.41) is 0.338. The number of rotatable bonds is 4. The molecule has 1 fully saturated rings. The summed E-state index contributed by atoms with van der Waals surface area (Å²) in [6.07, 6.45) is 2.62. The van der Waals surface area contributed by atoms with Crippen LogP contribution in [-0.4, -0.2) is 46.7 Å². The van der Waals surface area contributed by atoms with E-state index in [4.69, 9.17) is 26.8 Å². The summed E-state index contributed by atoms with van der Waals surface area (Å²) in [5.41, 5.74) is 4.74. The molecule has 1 aromatic heterocycles. The smallest absolute Gasteiger partial charge is 0.410 e. The van der Waals surface area contributed by atoms with Gasteiger partial charge in [0.25, 0.3) is 5.91 Å². The summed E-state index contributed by atoms with van der Waals surface area (Å²) in [6.45, 7) is 6.29. The Balaban J connectivity index is 2.04. The van der Waals surface area contributed by atoms with E-state index in [1.165, 1.54) is 12.3 Å². The number of nitrogens with two attached hydrogens (primary N) is 1. The fourth-order valence-corrected chi connectivity index (χ4v) is 2.62. The number of amides is 2. The predicted molar refractivity (Wildman–Crippen MR) is 89.2 cm³/mol. The first kappa shape index (κ1) is 18.3. The molecule has 2 amide bonds. The van der Waals surface area contributed by atoms with Crippen LogP contribution in [0.15, 0.2) is 12.3 Å². The van der Waals surface area contributed by atoms with Gasteiger partial charge in [-0.05, 0) is 33.6 Å². The summed E-state index contributed by atoms with van der Waals surface area (Å²) < 4.78 is 11.1. The van der Waals surface area contributed by atoms with Crippen LogP contribution in [0.2, 0.25) is 5.02 Å². The number of likely N-dealkylation sites (tertiary alicyclic amines) is 1. The topological polar surface area (TPSA) is 94.8 Å². The highest BCUT2D eigenvalue weighted by molar-refractivity contribution is 6.30. The first-order valence-corrected chi connectivity index (χ1v) is 8.13. The molecule has 1 saturated heterocycles. The van der Waals surface area contributed by atoms with Crippen molar-refractivity contribution in [1.29, 1.82) is 0 Å². The molecule has 0 spiro atoms. The average molecular weight is 356 g/mol. The third kappa shape index (κ3) is 4.74. The second-order valence-electron chi connectivity index (χ2n) is 6.65. The van der Waals surface area contributed by atoms with Crippen LogP contribution in [-0.2, 0) is 4.74 Å². The van der Waals surface area contributed by atoms with E-state index in [1.54, 1.807) is 4.90 Å². The zero-order valence-corrected chi connectivity index (χ0v) is 14.8. The van der Waals surface area contributed by atoms with Crippen molar-refractivity contribution in [3.63, 3.8) is 0 Å². The largest absolute Gasteiger partial charge is 0.489 e.